The molecule has 0 unspecified atom stereocenters. The van der Waals surface area contributed by atoms with Crippen LogP contribution in [0.2, 0.25) is 0 Å². The molecular formula is C12H20FN2O2P. The molecule has 0 fully saturated rings. The second kappa shape index (κ2) is 5.83. The third-order valence-corrected chi connectivity index (χ3v) is 5.09. The van der Waals surface area contributed by atoms with Gasteiger partial charge in [0.1, 0.15) is 11.6 Å². The molecule has 0 amide bonds. The zero-order chi connectivity index (χ0) is 13.9. The van der Waals surface area contributed by atoms with Crippen molar-refractivity contribution >= 4 is 7.67 Å². The summed E-state index contributed by atoms with van der Waals surface area (Å²) in [6.07, 6.45) is 0.619. The third kappa shape index (κ3) is 3.10. The lowest BCUT2D eigenvalue weighted by atomic mass is 10.1. The molecule has 0 saturated heterocycles. The molecule has 0 spiro atoms. The van der Waals surface area contributed by atoms with Crippen molar-refractivity contribution in [2.45, 2.75) is 13.3 Å². The van der Waals surface area contributed by atoms with Gasteiger partial charge in [-0.1, -0.05) is 6.92 Å². The number of benzene rings is 1. The number of hydrogen-bond acceptors (Lipinski definition) is 2. The van der Waals surface area contributed by atoms with Gasteiger partial charge in [0.05, 0.1) is 0 Å². The SMILES string of the molecule is CCc1cc(F)ccc1OP(=O)(N(C)C)N(C)C. The van der Waals surface area contributed by atoms with Crippen LogP contribution in [-0.4, -0.2) is 37.5 Å². The van der Waals surface area contributed by atoms with Crippen molar-refractivity contribution in [3.63, 3.8) is 0 Å². The maximum Gasteiger partial charge on any atom is 0.394 e. The van der Waals surface area contributed by atoms with E-state index in [4.69, 9.17) is 4.52 Å². The number of rotatable bonds is 5. The molecule has 0 atom stereocenters. The summed E-state index contributed by atoms with van der Waals surface area (Å²) in [7, 11) is 3.67. The molecule has 1 aromatic carbocycles. The topological polar surface area (TPSA) is 32.8 Å². The standard InChI is InChI=1S/C12H20FN2O2P/c1-6-10-9-11(13)7-8-12(10)17-18(16,14(2)3)15(4)5/h7-9H,6H2,1-5H3. The van der Waals surface area contributed by atoms with Crippen molar-refractivity contribution in [1.29, 1.82) is 0 Å². The lowest BCUT2D eigenvalue weighted by molar-refractivity contribution is 0.352. The largest absolute Gasteiger partial charge is 0.422 e. The summed E-state index contributed by atoms with van der Waals surface area (Å²) < 4.78 is 34.5. The molecule has 0 bridgehead atoms. The average molecular weight is 274 g/mol. The molecule has 0 aromatic heterocycles. The van der Waals surface area contributed by atoms with E-state index < -0.39 is 7.67 Å². The normalized spacial score (nSPS) is 12.2. The summed E-state index contributed by atoms with van der Waals surface area (Å²) in [5, 5.41) is 0. The number of aryl methyl sites for hydroxylation is 1. The molecule has 4 nitrogen and oxygen atoms in total. The van der Waals surface area contributed by atoms with E-state index in [0.29, 0.717) is 17.7 Å². The molecule has 0 heterocycles. The van der Waals surface area contributed by atoms with Crippen LogP contribution < -0.4 is 4.52 Å². The fourth-order valence-electron chi connectivity index (χ4n) is 1.56. The minimum Gasteiger partial charge on any atom is -0.422 e. The van der Waals surface area contributed by atoms with Gasteiger partial charge in [-0.2, -0.15) is 0 Å². The van der Waals surface area contributed by atoms with E-state index in [0.717, 1.165) is 0 Å². The Bertz CT molecular complexity index is 451. The van der Waals surface area contributed by atoms with Crippen LogP contribution in [0.1, 0.15) is 12.5 Å². The molecule has 102 valence electrons. The maximum atomic E-state index is 13.1. The minimum absolute atomic E-state index is 0.316. The van der Waals surface area contributed by atoms with Gasteiger partial charge in [0, 0.05) is 0 Å². The first-order chi connectivity index (χ1) is 8.31. The van der Waals surface area contributed by atoms with Crippen molar-refractivity contribution in [2.75, 3.05) is 28.2 Å². The molecule has 0 aliphatic heterocycles. The van der Waals surface area contributed by atoms with Gasteiger partial charge in [-0.15, -0.1) is 0 Å². The predicted molar refractivity (Wildman–Crippen MR) is 71.4 cm³/mol. The van der Waals surface area contributed by atoms with Crippen LogP contribution in [0, 0.1) is 5.82 Å². The summed E-state index contributed by atoms with van der Waals surface area (Å²) in [6.45, 7) is 1.90. The van der Waals surface area contributed by atoms with Crippen molar-refractivity contribution in [3.8, 4) is 5.75 Å². The van der Waals surface area contributed by atoms with Crippen LogP contribution in [0.4, 0.5) is 4.39 Å². The Kier molecular flexibility index (Phi) is 4.91. The van der Waals surface area contributed by atoms with Crippen molar-refractivity contribution < 1.29 is 13.5 Å². The van der Waals surface area contributed by atoms with E-state index in [-0.39, 0.29) is 5.82 Å². The van der Waals surface area contributed by atoms with E-state index in [2.05, 4.69) is 0 Å². The minimum atomic E-state index is -3.10. The highest BCUT2D eigenvalue weighted by molar-refractivity contribution is 7.54. The summed E-state index contributed by atoms with van der Waals surface area (Å²) in [4.78, 5) is 0. The first-order valence-electron chi connectivity index (χ1n) is 5.75. The summed E-state index contributed by atoms with van der Waals surface area (Å²) in [5.74, 6) is 0.147. The second-order valence-electron chi connectivity index (χ2n) is 4.38. The van der Waals surface area contributed by atoms with Crippen LogP contribution in [0.3, 0.4) is 0 Å². The number of nitrogens with zero attached hydrogens (tertiary/aromatic N) is 2. The van der Waals surface area contributed by atoms with Crippen LogP contribution in [0.15, 0.2) is 18.2 Å². The average Bonchev–Trinajstić information content (AvgIpc) is 2.30. The second-order valence-corrected chi connectivity index (χ2v) is 7.15. The molecule has 0 aliphatic carbocycles. The lowest BCUT2D eigenvalue weighted by Crippen LogP contribution is -2.24. The third-order valence-electron chi connectivity index (χ3n) is 2.63. The Balaban J connectivity index is 3.13. The highest BCUT2D eigenvalue weighted by Gasteiger charge is 2.31. The Hall–Kier alpha value is -0.900. The van der Waals surface area contributed by atoms with E-state index in [1.54, 1.807) is 28.2 Å². The maximum absolute atomic E-state index is 13.1. The smallest absolute Gasteiger partial charge is 0.394 e. The zero-order valence-corrected chi connectivity index (χ0v) is 12.4. The van der Waals surface area contributed by atoms with E-state index in [9.17, 15) is 8.96 Å². The van der Waals surface area contributed by atoms with Gasteiger partial charge in [0.2, 0.25) is 0 Å². The zero-order valence-electron chi connectivity index (χ0n) is 11.5. The van der Waals surface area contributed by atoms with Crippen LogP contribution >= 0.6 is 7.67 Å². The van der Waals surface area contributed by atoms with Crippen molar-refractivity contribution in [1.82, 2.24) is 9.34 Å². The Morgan fingerprint density at radius 1 is 1.22 bits per heavy atom. The molecular weight excluding hydrogens is 254 g/mol. The predicted octanol–water partition coefficient (Wildman–Crippen LogP) is 3.00. The Morgan fingerprint density at radius 2 is 1.78 bits per heavy atom. The van der Waals surface area contributed by atoms with Gasteiger partial charge in [-0.25, -0.2) is 18.3 Å². The van der Waals surface area contributed by atoms with Crippen molar-refractivity contribution in [2.24, 2.45) is 0 Å². The molecule has 0 radical (unpaired) electrons. The fourth-order valence-corrected chi connectivity index (χ4v) is 3.04. The highest BCUT2D eigenvalue weighted by Crippen LogP contribution is 2.51. The van der Waals surface area contributed by atoms with Crippen molar-refractivity contribution in [3.05, 3.63) is 29.6 Å². The quantitative estimate of drug-likeness (QED) is 0.773. The first kappa shape index (κ1) is 15.2. The van der Waals surface area contributed by atoms with Gasteiger partial charge in [-0.05, 0) is 58.4 Å². The highest BCUT2D eigenvalue weighted by atomic mass is 31.2. The molecule has 1 aromatic rings. The molecule has 18 heavy (non-hydrogen) atoms. The summed E-state index contributed by atoms with van der Waals surface area (Å²) in [5.41, 5.74) is 0.707. The molecule has 0 aliphatic rings. The van der Waals surface area contributed by atoms with Gasteiger partial charge < -0.3 is 4.52 Å². The Labute approximate surface area is 108 Å². The van der Waals surface area contributed by atoms with Crippen LogP contribution in [-0.2, 0) is 11.0 Å². The molecule has 6 heteroatoms. The van der Waals surface area contributed by atoms with Crippen LogP contribution in [0.5, 0.6) is 5.75 Å². The molecule has 1 rings (SSSR count). The summed E-state index contributed by atoms with van der Waals surface area (Å²) in [6, 6.07) is 4.24. The molecule has 0 N–H and O–H groups in total. The van der Waals surface area contributed by atoms with Gasteiger partial charge in [0.15, 0.2) is 0 Å². The first-order valence-corrected chi connectivity index (χ1v) is 7.28. The van der Waals surface area contributed by atoms with Gasteiger partial charge >= 0.3 is 7.67 Å². The number of hydrogen-bond donors (Lipinski definition) is 0. The van der Waals surface area contributed by atoms with Gasteiger partial charge in [0.25, 0.3) is 0 Å². The molecule has 0 saturated carbocycles. The van der Waals surface area contributed by atoms with E-state index in [1.807, 2.05) is 6.92 Å². The van der Waals surface area contributed by atoms with E-state index in [1.165, 1.54) is 27.5 Å². The van der Waals surface area contributed by atoms with Crippen LogP contribution in [0.25, 0.3) is 0 Å². The Morgan fingerprint density at radius 3 is 2.22 bits per heavy atom. The summed E-state index contributed by atoms with van der Waals surface area (Å²) >= 11 is 0. The monoisotopic (exact) mass is 274 g/mol. The van der Waals surface area contributed by atoms with Gasteiger partial charge in [-0.3, -0.25) is 0 Å². The fraction of sp³-hybridized carbons (Fsp3) is 0.500. The lowest BCUT2D eigenvalue weighted by Gasteiger charge is -2.30. The van der Waals surface area contributed by atoms with E-state index >= 15 is 0 Å². The number of halogens is 1.